The molecule has 24 heavy (non-hydrogen) atoms. The van der Waals surface area contributed by atoms with Crippen molar-refractivity contribution in [1.29, 1.82) is 0 Å². The topological polar surface area (TPSA) is 143 Å². The van der Waals surface area contributed by atoms with Gasteiger partial charge in [0.05, 0.1) is 16.1 Å². The summed E-state index contributed by atoms with van der Waals surface area (Å²) in [6, 6.07) is 5.14. The standard InChI is InChI=1S/C14H8FN3O6/c15-9-2-1-7(19)5-8(9)13-16-14(24-17-13)6-3-10(18(22)23)12(21)11(20)4-6/h1-5,19-21H. The second-order valence-corrected chi connectivity index (χ2v) is 4.71. The molecule has 0 amide bonds. The van der Waals surface area contributed by atoms with E-state index >= 15 is 0 Å². The molecule has 0 fully saturated rings. The van der Waals surface area contributed by atoms with Crippen LogP contribution in [-0.2, 0) is 0 Å². The largest absolute Gasteiger partial charge is 0.508 e. The number of benzene rings is 2. The Hall–Kier alpha value is -3.69. The number of nitrogens with zero attached hydrogens (tertiary/aromatic N) is 3. The Morgan fingerprint density at radius 2 is 1.92 bits per heavy atom. The Morgan fingerprint density at radius 1 is 1.17 bits per heavy atom. The van der Waals surface area contributed by atoms with Crippen LogP contribution in [0.5, 0.6) is 17.2 Å². The van der Waals surface area contributed by atoms with E-state index in [-0.39, 0.29) is 28.6 Å². The maximum Gasteiger partial charge on any atom is 0.315 e. The lowest BCUT2D eigenvalue weighted by Crippen LogP contribution is -1.90. The molecule has 0 aliphatic heterocycles. The molecule has 0 spiro atoms. The minimum atomic E-state index is -0.900. The lowest BCUT2D eigenvalue weighted by molar-refractivity contribution is -0.385. The van der Waals surface area contributed by atoms with E-state index in [0.29, 0.717) is 0 Å². The molecule has 0 aliphatic carbocycles. The van der Waals surface area contributed by atoms with Crippen LogP contribution in [0.1, 0.15) is 0 Å². The normalized spacial score (nSPS) is 10.7. The van der Waals surface area contributed by atoms with Crippen molar-refractivity contribution in [3.8, 4) is 40.1 Å². The number of hydrogen-bond acceptors (Lipinski definition) is 8. The summed E-state index contributed by atoms with van der Waals surface area (Å²) in [5.41, 5.74) is -0.938. The van der Waals surface area contributed by atoms with Gasteiger partial charge in [-0.25, -0.2) is 4.39 Å². The summed E-state index contributed by atoms with van der Waals surface area (Å²) in [5, 5.41) is 42.8. The summed E-state index contributed by atoms with van der Waals surface area (Å²) in [5.74, 6) is -3.01. The number of aromatic nitrogens is 2. The smallest absolute Gasteiger partial charge is 0.315 e. The van der Waals surface area contributed by atoms with Crippen LogP contribution in [0.3, 0.4) is 0 Å². The van der Waals surface area contributed by atoms with Crippen LogP contribution in [0.2, 0.25) is 0 Å². The zero-order valence-corrected chi connectivity index (χ0v) is 11.7. The minimum absolute atomic E-state index is 0.0451. The highest BCUT2D eigenvalue weighted by Crippen LogP contribution is 2.39. The number of phenolic OH excluding ortho intramolecular Hbond substituents is 3. The van der Waals surface area contributed by atoms with Gasteiger partial charge in [0.25, 0.3) is 5.89 Å². The molecular formula is C14H8FN3O6. The summed E-state index contributed by atoms with van der Waals surface area (Å²) in [7, 11) is 0. The molecule has 9 nitrogen and oxygen atoms in total. The van der Waals surface area contributed by atoms with Gasteiger partial charge in [-0.15, -0.1) is 0 Å². The quantitative estimate of drug-likeness (QED) is 0.377. The first-order valence-electron chi connectivity index (χ1n) is 6.40. The maximum absolute atomic E-state index is 13.8. The van der Waals surface area contributed by atoms with Crippen LogP contribution in [0.25, 0.3) is 22.8 Å². The van der Waals surface area contributed by atoms with Gasteiger partial charge >= 0.3 is 5.69 Å². The van der Waals surface area contributed by atoms with Crippen molar-refractivity contribution in [2.45, 2.75) is 0 Å². The predicted octanol–water partition coefficient (Wildman–Crippen LogP) is 2.57. The molecule has 0 saturated heterocycles. The average molecular weight is 333 g/mol. The van der Waals surface area contributed by atoms with Gasteiger partial charge in [0.1, 0.15) is 11.6 Å². The van der Waals surface area contributed by atoms with E-state index < -0.39 is 27.9 Å². The highest BCUT2D eigenvalue weighted by atomic mass is 19.1. The number of halogens is 1. The molecule has 1 heterocycles. The lowest BCUT2D eigenvalue weighted by Gasteiger charge is -2.01. The summed E-state index contributed by atoms with van der Waals surface area (Å²) >= 11 is 0. The second-order valence-electron chi connectivity index (χ2n) is 4.71. The molecule has 3 aromatic rings. The monoisotopic (exact) mass is 333 g/mol. The van der Waals surface area contributed by atoms with Gasteiger partial charge < -0.3 is 19.8 Å². The summed E-state index contributed by atoms with van der Waals surface area (Å²) in [6.07, 6.45) is 0. The van der Waals surface area contributed by atoms with E-state index in [2.05, 4.69) is 10.1 Å². The van der Waals surface area contributed by atoms with Gasteiger partial charge in [0, 0.05) is 6.07 Å². The fraction of sp³-hybridized carbons (Fsp3) is 0. The third-order valence-electron chi connectivity index (χ3n) is 3.13. The van der Waals surface area contributed by atoms with Crippen molar-refractivity contribution < 1.29 is 29.2 Å². The maximum atomic E-state index is 13.8. The van der Waals surface area contributed by atoms with E-state index in [9.17, 15) is 29.8 Å². The van der Waals surface area contributed by atoms with Crippen molar-refractivity contribution in [3.05, 3.63) is 46.3 Å². The molecule has 122 valence electrons. The highest BCUT2D eigenvalue weighted by Gasteiger charge is 2.22. The molecular weight excluding hydrogens is 325 g/mol. The molecule has 3 rings (SSSR count). The summed E-state index contributed by atoms with van der Waals surface area (Å²) in [6.45, 7) is 0. The van der Waals surface area contributed by atoms with E-state index in [1.54, 1.807) is 0 Å². The van der Waals surface area contributed by atoms with Gasteiger partial charge in [0.2, 0.25) is 11.6 Å². The van der Waals surface area contributed by atoms with Crippen LogP contribution in [-0.4, -0.2) is 30.4 Å². The molecule has 0 atom stereocenters. The molecule has 0 bridgehead atoms. The van der Waals surface area contributed by atoms with Crippen LogP contribution in [0.4, 0.5) is 10.1 Å². The fourth-order valence-electron chi connectivity index (χ4n) is 2.00. The zero-order chi connectivity index (χ0) is 17.4. The summed E-state index contributed by atoms with van der Waals surface area (Å²) in [4.78, 5) is 13.8. The third kappa shape index (κ3) is 2.56. The number of nitro groups is 1. The summed E-state index contributed by atoms with van der Waals surface area (Å²) < 4.78 is 18.7. The first kappa shape index (κ1) is 15.2. The Morgan fingerprint density at radius 3 is 2.62 bits per heavy atom. The van der Waals surface area contributed by atoms with E-state index in [4.69, 9.17) is 4.52 Å². The Bertz CT molecular complexity index is 956. The SMILES string of the molecule is O=[N+]([O-])c1cc(-c2nc(-c3cc(O)ccc3F)no2)cc(O)c1O. The van der Waals surface area contributed by atoms with E-state index in [0.717, 1.165) is 30.3 Å². The Labute approximate surface area is 132 Å². The van der Waals surface area contributed by atoms with Crippen LogP contribution < -0.4 is 0 Å². The number of phenols is 3. The van der Waals surface area contributed by atoms with Crippen molar-refractivity contribution in [2.24, 2.45) is 0 Å². The van der Waals surface area contributed by atoms with Crippen LogP contribution >= 0.6 is 0 Å². The van der Waals surface area contributed by atoms with Crippen molar-refractivity contribution in [1.82, 2.24) is 10.1 Å². The minimum Gasteiger partial charge on any atom is -0.508 e. The van der Waals surface area contributed by atoms with Crippen molar-refractivity contribution in [2.75, 3.05) is 0 Å². The first-order chi connectivity index (χ1) is 11.4. The third-order valence-corrected chi connectivity index (χ3v) is 3.13. The lowest BCUT2D eigenvalue weighted by atomic mass is 10.1. The van der Waals surface area contributed by atoms with E-state index in [1.165, 1.54) is 0 Å². The number of rotatable bonds is 3. The first-order valence-corrected chi connectivity index (χ1v) is 6.40. The predicted molar refractivity (Wildman–Crippen MR) is 76.8 cm³/mol. The fourth-order valence-corrected chi connectivity index (χ4v) is 2.00. The van der Waals surface area contributed by atoms with Gasteiger partial charge in [0.15, 0.2) is 5.75 Å². The Kier molecular flexibility index (Phi) is 3.49. The zero-order valence-electron chi connectivity index (χ0n) is 11.7. The molecule has 0 radical (unpaired) electrons. The number of hydrogen-bond donors (Lipinski definition) is 3. The number of nitro benzene ring substituents is 1. The van der Waals surface area contributed by atoms with Gasteiger partial charge in [-0.1, -0.05) is 5.16 Å². The molecule has 3 N–H and O–H groups in total. The van der Waals surface area contributed by atoms with E-state index in [1.807, 2.05) is 0 Å². The molecule has 2 aromatic carbocycles. The molecule has 0 saturated carbocycles. The van der Waals surface area contributed by atoms with Crippen molar-refractivity contribution >= 4 is 5.69 Å². The van der Waals surface area contributed by atoms with Gasteiger partial charge in [-0.2, -0.15) is 4.98 Å². The van der Waals surface area contributed by atoms with Gasteiger partial charge in [-0.05, 0) is 24.3 Å². The Balaban J connectivity index is 2.08. The molecule has 0 unspecified atom stereocenters. The van der Waals surface area contributed by atoms with Crippen LogP contribution in [0.15, 0.2) is 34.9 Å². The average Bonchev–Trinajstić information content (AvgIpc) is 3.01. The van der Waals surface area contributed by atoms with Crippen LogP contribution in [0, 0.1) is 15.9 Å². The van der Waals surface area contributed by atoms with Gasteiger partial charge in [-0.3, -0.25) is 10.1 Å². The number of aromatic hydroxyl groups is 3. The second kappa shape index (κ2) is 5.50. The molecule has 0 aliphatic rings. The van der Waals surface area contributed by atoms with Crippen molar-refractivity contribution in [3.63, 3.8) is 0 Å². The highest BCUT2D eigenvalue weighted by molar-refractivity contribution is 5.69. The molecule has 1 aromatic heterocycles. The molecule has 10 heteroatoms.